The molecule has 0 aliphatic heterocycles. The SMILES string of the molecule is CCOC(=O)C=Cc1ccc(Cl)cc1Cl.O=C(O)CC(O)(CC(=O)O)C(=O)O.c1ccncc1. The second-order valence-corrected chi connectivity index (χ2v) is 7.10. The number of hydrogen-bond donors (Lipinski definition) is 4. The van der Waals surface area contributed by atoms with Gasteiger partial charge in [-0.1, -0.05) is 35.3 Å². The average Bonchev–Trinajstić information content (AvgIpc) is 2.74. The van der Waals surface area contributed by atoms with Crippen molar-refractivity contribution in [1.29, 1.82) is 0 Å². The Kier molecular flexibility index (Phi) is 14.5. The molecule has 0 atom stereocenters. The predicted octanol–water partition coefficient (Wildman–Crippen LogP) is 3.40. The Hall–Kier alpha value is -3.47. The van der Waals surface area contributed by atoms with E-state index in [-0.39, 0.29) is 5.97 Å². The van der Waals surface area contributed by atoms with Crippen molar-refractivity contribution in [3.8, 4) is 0 Å². The quantitative estimate of drug-likeness (QED) is 0.301. The van der Waals surface area contributed by atoms with E-state index in [4.69, 9.17) is 48.4 Å². The number of carbonyl (C=O) groups excluding carboxylic acids is 1. The average molecular weight is 516 g/mol. The van der Waals surface area contributed by atoms with E-state index >= 15 is 0 Å². The summed E-state index contributed by atoms with van der Waals surface area (Å²) in [5.41, 5.74) is -2.01. The number of aliphatic hydroxyl groups is 1. The Morgan fingerprint density at radius 2 is 1.56 bits per heavy atom. The number of pyridine rings is 1. The summed E-state index contributed by atoms with van der Waals surface area (Å²) < 4.78 is 4.73. The van der Waals surface area contributed by atoms with Gasteiger partial charge in [0.1, 0.15) is 0 Å². The van der Waals surface area contributed by atoms with Gasteiger partial charge in [-0.15, -0.1) is 0 Å². The number of hydrogen-bond acceptors (Lipinski definition) is 7. The highest BCUT2D eigenvalue weighted by atomic mass is 35.5. The van der Waals surface area contributed by atoms with Crippen molar-refractivity contribution in [3.05, 3.63) is 70.5 Å². The highest BCUT2D eigenvalue weighted by Crippen LogP contribution is 2.22. The fourth-order valence-electron chi connectivity index (χ4n) is 2.01. The predicted molar refractivity (Wildman–Crippen MR) is 123 cm³/mol. The highest BCUT2D eigenvalue weighted by molar-refractivity contribution is 6.35. The zero-order valence-corrected chi connectivity index (χ0v) is 19.4. The molecule has 12 heteroatoms. The maximum atomic E-state index is 11.0. The van der Waals surface area contributed by atoms with Gasteiger partial charge in [-0.2, -0.15) is 0 Å². The van der Waals surface area contributed by atoms with Crippen molar-refractivity contribution < 1.29 is 44.3 Å². The molecule has 10 nitrogen and oxygen atoms in total. The van der Waals surface area contributed by atoms with Gasteiger partial charge in [-0.05, 0) is 42.8 Å². The lowest BCUT2D eigenvalue weighted by Gasteiger charge is -2.18. The summed E-state index contributed by atoms with van der Waals surface area (Å²) >= 11 is 11.6. The first-order valence-electron chi connectivity index (χ1n) is 9.45. The summed E-state index contributed by atoms with van der Waals surface area (Å²) in [4.78, 5) is 45.3. The van der Waals surface area contributed by atoms with Gasteiger partial charge < -0.3 is 25.2 Å². The van der Waals surface area contributed by atoms with Gasteiger partial charge in [-0.3, -0.25) is 14.6 Å². The lowest BCUT2D eigenvalue weighted by atomic mass is 9.96. The first-order chi connectivity index (χ1) is 15.9. The number of carboxylic acids is 3. The molecule has 0 unspecified atom stereocenters. The van der Waals surface area contributed by atoms with Crippen LogP contribution in [0.1, 0.15) is 25.3 Å². The van der Waals surface area contributed by atoms with Crippen molar-refractivity contribution in [2.24, 2.45) is 0 Å². The fraction of sp³-hybridized carbons (Fsp3) is 0.227. The standard InChI is InChI=1S/C11H10Cl2O2.C6H8O7.C5H5N/c1-2-15-11(14)6-4-8-3-5-9(12)7-10(8)13;7-3(8)1-6(13,5(11)12)2-4(9)10;1-2-4-6-5-3-1/h3-7H,2H2,1H3;13H,1-2H2,(H,7,8)(H,9,10)(H,11,12);1-5H. The zero-order valence-electron chi connectivity index (χ0n) is 17.9. The molecule has 2 rings (SSSR count). The number of carboxylic acid groups (broad SMARTS) is 3. The molecule has 0 fully saturated rings. The molecule has 0 saturated carbocycles. The largest absolute Gasteiger partial charge is 0.481 e. The summed E-state index contributed by atoms with van der Waals surface area (Å²) in [6.45, 7) is 2.11. The number of rotatable bonds is 8. The van der Waals surface area contributed by atoms with Crippen molar-refractivity contribution in [3.63, 3.8) is 0 Å². The van der Waals surface area contributed by atoms with E-state index in [1.165, 1.54) is 6.08 Å². The Morgan fingerprint density at radius 1 is 1.00 bits per heavy atom. The zero-order chi connectivity index (χ0) is 26.1. The molecular weight excluding hydrogens is 493 g/mol. The summed E-state index contributed by atoms with van der Waals surface area (Å²) in [5, 5.41) is 34.9. The second-order valence-electron chi connectivity index (χ2n) is 6.25. The van der Waals surface area contributed by atoms with Crippen LogP contribution in [-0.4, -0.2) is 61.5 Å². The molecule has 0 aliphatic rings. The number of halogens is 2. The first-order valence-corrected chi connectivity index (χ1v) is 10.2. The number of nitrogens with zero attached hydrogens (tertiary/aromatic N) is 1. The van der Waals surface area contributed by atoms with Crippen LogP contribution in [0.5, 0.6) is 0 Å². The second kappa shape index (κ2) is 16.2. The number of aliphatic carboxylic acids is 3. The van der Waals surface area contributed by atoms with E-state index in [1.54, 1.807) is 43.6 Å². The number of aromatic nitrogens is 1. The molecule has 0 aliphatic carbocycles. The molecule has 1 heterocycles. The lowest BCUT2D eigenvalue weighted by Crippen LogP contribution is -2.42. The molecule has 0 saturated heterocycles. The molecular formula is C22H23Cl2NO9. The summed E-state index contributed by atoms with van der Waals surface area (Å²) in [6, 6.07) is 10.8. The van der Waals surface area contributed by atoms with E-state index in [0.717, 1.165) is 5.56 Å². The smallest absolute Gasteiger partial charge is 0.336 e. The van der Waals surface area contributed by atoms with E-state index in [2.05, 4.69) is 4.98 Å². The molecule has 0 bridgehead atoms. The van der Waals surface area contributed by atoms with Crippen LogP contribution in [-0.2, 0) is 23.9 Å². The maximum absolute atomic E-state index is 11.0. The van der Waals surface area contributed by atoms with Gasteiger partial charge in [-0.25, -0.2) is 9.59 Å². The molecule has 0 radical (unpaired) electrons. The van der Waals surface area contributed by atoms with Crippen LogP contribution in [0.3, 0.4) is 0 Å². The third-order valence-electron chi connectivity index (χ3n) is 3.50. The third-order valence-corrected chi connectivity index (χ3v) is 4.06. The van der Waals surface area contributed by atoms with Crippen molar-refractivity contribution in [1.82, 2.24) is 4.98 Å². The van der Waals surface area contributed by atoms with Gasteiger partial charge in [0.05, 0.1) is 19.4 Å². The molecule has 0 amide bonds. The van der Waals surface area contributed by atoms with Crippen LogP contribution >= 0.6 is 23.2 Å². The molecule has 1 aromatic carbocycles. The van der Waals surface area contributed by atoms with E-state index in [1.807, 2.05) is 18.2 Å². The minimum Gasteiger partial charge on any atom is -0.481 e. The Morgan fingerprint density at radius 3 is 1.91 bits per heavy atom. The minimum absolute atomic E-state index is 0.359. The van der Waals surface area contributed by atoms with Gasteiger partial charge >= 0.3 is 23.9 Å². The first kappa shape index (κ1) is 30.5. The van der Waals surface area contributed by atoms with Crippen molar-refractivity contribution in [2.45, 2.75) is 25.4 Å². The maximum Gasteiger partial charge on any atom is 0.336 e. The molecule has 0 spiro atoms. The molecule has 2 aromatic rings. The van der Waals surface area contributed by atoms with Crippen molar-refractivity contribution in [2.75, 3.05) is 6.61 Å². The topological polar surface area (TPSA) is 171 Å². The van der Waals surface area contributed by atoms with E-state index < -0.39 is 36.4 Å². The van der Waals surface area contributed by atoms with Crippen LogP contribution in [0, 0.1) is 0 Å². The molecule has 1 aromatic heterocycles. The third kappa shape index (κ3) is 13.8. The summed E-state index contributed by atoms with van der Waals surface area (Å²) in [6.07, 6.45) is 4.14. The normalized spacial score (nSPS) is 10.2. The van der Waals surface area contributed by atoms with Crippen LogP contribution in [0.25, 0.3) is 6.08 Å². The lowest BCUT2D eigenvalue weighted by molar-refractivity contribution is -0.170. The number of ether oxygens (including phenoxy) is 1. The Labute approximate surface area is 205 Å². The van der Waals surface area contributed by atoms with Crippen molar-refractivity contribution >= 4 is 53.2 Å². The van der Waals surface area contributed by atoms with E-state index in [9.17, 15) is 19.2 Å². The van der Waals surface area contributed by atoms with E-state index in [0.29, 0.717) is 16.7 Å². The fourth-order valence-corrected chi connectivity index (χ4v) is 2.48. The van der Waals surface area contributed by atoms with Crippen LogP contribution in [0.4, 0.5) is 0 Å². The Balaban J connectivity index is 0.000000520. The molecule has 184 valence electrons. The number of carbonyl (C=O) groups is 4. The minimum atomic E-state index is -2.74. The Bertz CT molecular complexity index is 939. The summed E-state index contributed by atoms with van der Waals surface area (Å²) in [7, 11) is 0. The van der Waals surface area contributed by atoms with Gasteiger partial charge in [0.25, 0.3) is 0 Å². The van der Waals surface area contributed by atoms with Gasteiger partial charge in [0.2, 0.25) is 0 Å². The van der Waals surface area contributed by atoms with Gasteiger partial charge in [0, 0.05) is 28.5 Å². The number of benzene rings is 1. The van der Waals surface area contributed by atoms with Crippen LogP contribution in [0.15, 0.2) is 54.9 Å². The van der Waals surface area contributed by atoms with Crippen LogP contribution in [0.2, 0.25) is 10.0 Å². The number of esters is 1. The molecule has 4 N–H and O–H groups in total. The van der Waals surface area contributed by atoms with Gasteiger partial charge in [0.15, 0.2) is 5.60 Å². The monoisotopic (exact) mass is 515 g/mol. The summed E-state index contributed by atoms with van der Waals surface area (Å²) in [5.74, 6) is -5.40. The molecule has 34 heavy (non-hydrogen) atoms. The highest BCUT2D eigenvalue weighted by Gasteiger charge is 2.40. The van der Waals surface area contributed by atoms with Crippen LogP contribution < -0.4 is 0 Å².